The average molecular weight is 201 g/mol. The monoisotopic (exact) mass is 201 g/mol. The molecule has 0 radical (unpaired) electrons. The van der Waals surface area contributed by atoms with E-state index < -0.39 is 5.60 Å². The Morgan fingerprint density at radius 3 is 2.64 bits per heavy atom. The van der Waals surface area contributed by atoms with E-state index in [0.717, 1.165) is 39.1 Å². The van der Waals surface area contributed by atoms with Gasteiger partial charge < -0.3 is 15.2 Å². The zero-order valence-electron chi connectivity index (χ0n) is 9.38. The predicted molar refractivity (Wildman–Crippen MR) is 57.3 cm³/mol. The van der Waals surface area contributed by atoms with E-state index in [-0.39, 0.29) is 0 Å². The maximum atomic E-state index is 9.75. The highest BCUT2D eigenvalue weighted by atomic mass is 16.5. The molecule has 2 N–H and O–H groups in total. The van der Waals surface area contributed by atoms with Gasteiger partial charge in [0, 0.05) is 19.7 Å². The zero-order chi connectivity index (χ0) is 10.4. The molecule has 0 aliphatic heterocycles. The van der Waals surface area contributed by atoms with Gasteiger partial charge >= 0.3 is 0 Å². The highest BCUT2D eigenvalue weighted by Gasteiger charge is 2.33. The maximum absolute atomic E-state index is 9.75. The molecule has 14 heavy (non-hydrogen) atoms. The Balaban J connectivity index is 1.84. The Hall–Kier alpha value is -0.120. The highest BCUT2D eigenvalue weighted by molar-refractivity contribution is 4.89. The van der Waals surface area contributed by atoms with Crippen LogP contribution in [0, 0.1) is 5.92 Å². The van der Waals surface area contributed by atoms with Gasteiger partial charge in [-0.05, 0) is 25.2 Å². The molecule has 3 heteroatoms. The van der Waals surface area contributed by atoms with E-state index in [0.29, 0.717) is 5.92 Å². The highest BCUT2D eigenvalue weighted by Crippen LogP contribution is 2.30. The van der Waals surface area contributed by atoms with Gasteiger partial charge in [-0.3, -0.25) is 0 Å². The summed E-state index contributed by atoms with van der Waals surface area (Å²) in [6.45, 7) is 7.42. The van der Waals surface area contributed by atoms with Gasteiger partial charge in [-0.1, -0.05) is 13.8 Å². The number of rotatable bonds is 7. The van der Waals surface area contributed by atoms with E-state index in [1.807, 2.05) is 0 Å². The molecule has 1 aliphatic carbocycles. The second-order valence-electron chi connectivity index (χ2n) is 4.72. The quantitative estimate of drug-likeness (QED) is 0.607. The molecule has 84 valence electrons. The Morgan fingerprint density at radius 1 is 1.43 bits per heavy atom. The first-order valence-electron chi connectivity index (χ1n) is 5.63. The lowest BCUT2D eigenvalue weighted by Gasteiger charge is -2.36. The summed E-state index contributed by atoms with van der Waals surface area (Å²) < 4.78 is 5.42. The van der Waals surface area contributed by atoms with Crippen LogP contribution < -0.4 is 5.32 Å². The van der Waals surface area contributed by atoms with Crippen molar-refractivity contribution in [3.8, 4) is 0 Å². The largest absolute Gasteiger partial charge is 0.389 e. The summed E-state index contributed by atoms with van der Waals surface area (Å²) in [7, 11) is 0. The first-order chi connectivity index (χ1) is 6.62. The fraction of sp³-hybridized carbons (Fsp3) is 1.00. The molecular weight excluding hydrogens is 178 g/mol. The zero-order valence-corrected chi connectivity index (χ0v) is 9.38. The molecule has 1 fully saturated rings. The number of aliphatic hydroxyl groups is 1. The summed E-state index contributed by atoms with van der Waals surface area (Å²) in [5, 5.41) is 13.0. The topological polar surface area (TPSA) is 41.5 Å². The van der Waals surface area contributed by atoms with Crippen molar-refractivity contribution in [2.45, 2.75) is 38.7 Å². The van der Waals surface area contributed by atoms with Gasteiger partial charge in [0.05, 0.1) is 12.2 Å². The second-order valence-corrected chi connectivity index (χ2v) is 4.72. The molecule has 0 atom stereocenters. The number of nitrogens with one attached hydrogen (secondary N) is 1. The van der Waals surface area contributed by atoms with Crippen molar-refractivity contribution in [3.63, 3.8) is 0 Å². The Kier molecular flexibility index (Phi) is 4.85. The molecular formula is C11H23NO2. The van der Waals surface area contributed by atoms with Gasteiger partial charge in [0.2, 0.25) is 0 Å². The third-order valence-electron chi connectivity index (χ3n) is 2.61. The van der Waals surface area contributed by atoms with Crippen LogP contribution in [0.15, 0.2) is 0 Å². The van der Waals surface area contributed by atoms with Gasteiger partial charge in [0.15, 0.2) is 0 Å². The first-order valence-corrected chi connectivity index (χ1v) is 5.63. The molecule has 3 nitrogen and oxygen atoms in total. The molecule has 0 spiro atoms. The number of hydrogen-bond donors (Lipinski definition) is 2. The minimum atomic E-state index is -0.405. The van der Waals surface area contributed by atoms with Crippen LogP contribution in [-0.4, -0.2) is 37.0 Å². The molecule has 1 rings (SSSR count). The lowest BCUT2D eigenvalue weighted by atomic mass is 9.80. The van der Waals surface area contributed by atoms with Crippen molar-refractivity contribution in [1.82, 2.24) is 5.32 Å². The molecule has 1 aliphatic rings. The van der Waals surface area contributed by atoms with Crippen molar-refractivity contribution in [2.75, 3.05) is 26.3 Å². The lowest BCUT2D eigenvalue weighted by Crippen LogP contribution is -2.46. The van der Waals surface area contributed by atoms with Crippen molar-refractivity contribution >= 4 is 0 Å². The first kappa shape index (κ1) is 12.0. The van der Waals surface area contributed by atoms with E-state index in [4.69, 9.17) is 4.74 Å². The summed E-state index contributed by atoms with van der Waals surface area (Å²) in [5.74, 6) is 0.603. The fourth-order valence-electron chi connectivity index (χ4n) is 1.55. The van der Waals surface area contributed by atoms with E-state index in [1.165, 1.54) is 6.42 Å². The van der Waals surface area contributed by atoms with E-state index in [2.05, 4.69) is 19.2 Å². The number of ether oxygens (including phenoxy) is 1. The maximum Gasteiger partial charge on any atom is 0.0771 e. The smallest absolute Gasteiger partial charge is 0.0771 e. The van der Waals surface area contributed by atoms with Crippen LogP contribution in [0.3, 0.4) is 0 Å². The molecule has 0 aromatic carbocycles. The van der Waals surface area contributed by atoms with Crippen molar-refractivity contribution in [3.05, 3.63) is 0 Å². The second kappa shape index (κ2) is 5.69. The summed E-state index contributed by atoms with van der Waals surface area (Å²) in [4.78, 5) is 0. The van der Waals surface area contributed by atoms with Crippen LogP contribution in [0.5, 0.6) is 0 Å². The number of hydrogen-bond acceptors (Lipinski definition) is 3. The van der Waals surface area contributed by atoms with Crippen LogP contribution in [-0.2, 0) is 4.74 Å². The van der Waals surface area contributed by atoms with Crippen molar-refractivity contribution in [2.24, 2.45) is 5.92 Å². The van der Waals surface area contributed by atoms with Gasteiger partial charge in [-0.25, -0.2) is 0 Å². The summed E-state index contributed by atoms with van der Waals surface area (Å²) in [6, 6.07) is 0. The van der Waals surface area contributed by atoms with Gasteiger partial charge in [-0.2, -0.15) is 0 Å². The Morgan fingerprint density at radius 2 is 2.14 bits per heavy atom. The molecule has 1 saturated carbocycles. The minimum absolute atomic E-state index is 0.405. The average Bonchev–Trinajstić information content (AvgIpc) is 2.07. The normalized spacial score (nSPS) is 19.7. The third kappa shape index (κ3) is 4.40. The summed E-state index contributed by atoms with van der Waals surface area (Å²) in [6.07, 6.45) is 3.07. The van der Waals surface area contributed by atoms with Gasteiger partial charge in [0.1, 0.15) is 0 Å². The fourth-order valence-corrected chi connectivity index (χ4v) is 1.55. The molecule has 0 heterocycles. The van der Waals surface area contributed by atoms with E-state index in [9.17, 15) is 5.11 Å². The van der Waals surface area contributed by atoms with Crippen molar-refractivity contribution < 1.29 is 9.84 Å². The molecule has 0 bridgehead atoms. The molecule has 0 aromatic rings. The predicted octanol–water partition coefficient (Wildman–Crippen LogP) is 1.16. The summed E-state index contributed by atoms with van der Waals surface area (Å²) in [5.41, 5.74) is -0.405. The molecule has 0 saturated heterocycles. The molecule has 0 unspecified atom stereocenters. The van der Waals surface area contributed by atoms with E-state index in [1.54, 1.807) is 0 Å². The molecule has 0 aromatic heterocycles. The summed E-state index contributed by atoms with van der Waals surface area (Å²) >= 11 is 0. The Bertz CT molecular complexity index is 155. The van der Waals surface area contributed by atoms with Crippen LogP contribution in [0.1, 0.15) is 33.1 Å². The SMILES string of the molecule is CC(C)COCCNCC1(O)CCC1. The lowest BCUT2D eigenvalue weighted by molar-refractivity contribution is -0.0323. The Labute approximate surface area is 86.8 Å². The standard InChI is InChI=1S/C11H23NO2/c1-10(2)8-14-7-6-12-9-11(13)4-3-5-11/h10,12-13H,3-9H2,1-2H3. The van der Waals surface area contributed by atoms with E-state index >= 15 is 0 Å². The van der Waals surface area contributed by atoms with Gasteiger partial charge in [0.25, 0.3) is 0 Å². The van der Waals surface area contributed by atoms with Crippen LogP contribution >= 0.6 is 0 Å². The van der Waals surface area contributed by atoms with Gasteiger partial charge in [-0.15, -0.1) is 0 Å². The van der Waals surface area contributed by atoms with Crippen LogP contribution in [0.2, 0.25) is 0 Å². The minimum Gasteiger partial charge on any atom is -0.389 e. The van der Waals surface area contributed by atoms with Crippen LogP contribution in [0.25, 0.3) is 0 Å². The van der Waals surface area contributed by atoms with Crippen molar-refractivity contribution in [1.29, 1.82) is 0 Å². The molecule has 0 amide bonds. The van der Waals surface area contributed by atoms with Crippen LogP contribution in [0.4, 0.5) is 0 Å². The third-order valence-corrected chi connectivity index (χ3v) is 2.61.